The third-order valence-electron chi connectivity index (χ3n) is 4.59. The van der Waals surface area contributed by atoms with E-state index < -0.39 is 0 Å². The van der Waals surface area contributed by atoms with Crippen LogP contribution in [0.15, 0.2) is 24.3 Å². The molecule has 1 aliphatic rings. The lowest BCUT2D eigenvalue weighted by Crippen LogP contribution is -2.33. The molecule has 2 N–H and O–H groups in total. The van der Waals surface area contributed by atoms with E-state index in [1.54, 1.807) is 0 Å². The Morgan fingerprint density at radius 2 is 1.78 bits per heavy atom. The molecule has 4 heteroatoms. The maximum absolute atomic E-state index is 12.2. The van der Waals surface area contributed by atoms with E-state index in [2.05, 4.69) is 62.6 Å². The first-order chi connectivity index (χ1) is 10.4. The van der Waals surface area contributed by atoms with Gasteiger partial charge in [0.25, 0.3) is 0 Å². The van der Waals surface area contributed by atoms with Crippen LogP contribution in [0.3, 0.4) is 0 Å². The summed E-state index contributed by atoms with van der Waals surface area (Å²) in [6.07, 6.45) is 2.89. The lowest BCUT2D eigenvalue weighted by atomic mass is 9.86. The fraction of sp³-hybridized carbons (Fsp3) is 0.632. The Labute approximate surface area is 147 Å². The van der Waals surface area contributed by atoms with Crippen LogP contribution in [0.2, 0.25) is 0 Å². The number of piperidine rings is 1. The van der Waals surface area contributed by atoms with Crippen LogP contribution in [0, 0.1) is 5.92 Å². The molecule has 3 nitrogen and oxygen atoms in total. The standard InChI is InChI=1S/C19H30N2O.ClH/c1-14(16-5-7-17(8-6-16)19(2,3)4)21-18(22)13-15-9-11-20-12-10-15;/h5-8,14-15,20H,9-13H2,1-4H3,(H,21,22);1H. The summed E-state index contributed by atoms with van der Waals surface area (Å²) in [5, 5.41) is 6.48. The minimum absolute atomic E-state index is 0. The van der Waals surface area contributed by atoms with Crippen molar-refractivity contribution in [3.63, 3.8) is 0 Å². The molecular formula is C19H31ClN2O. The molecule has 1 aromatic rings. The van der Waals surface area contributed by atoms with Crippen molar-refractivity contribution in [2.24, 2.45) is 5.92 Å². The molecule has 0 saturated carbocycles. The predicted octanol–water partition coefficient (Wildman–Crippen LogP) is 3.97. The molecule has 1 saturated heterocycles. The number of nitrogens with one attached hydrogen (secondary N) is 2. The molecule has 1 aromatic carbocycles. The Morgan fingerprint density at radius 1 is 1.22 bits per heavy atom. The summed E-state index contributed by atoms with van der Waals surface area (Å²) >= 11 is 0. The van der Waals surface area contributed by atoms with Gasteiger partial charge in [-0.05, 0) is 55.3 Å². The maximum Gasteiger partial charge on any atom is 0.220 e. The van der Waals surface area contributed by atoms with E-state index in [9.17, 15) is 4.79 Å². The van der Waals surface area contributed by atoms with E-state index in [4.69, 9.17) is 0 Å². The molecule has 0 aromatic heterocycles. The average molecular weight is 339 g/mol. The van der Waals surface area contributed by atoms with Gasteiger partial charge in [-0.15, -0.1) is 12.4 Å². The Kier molecular flexibility index (Phi) is 7.56. The third-order valence-corrected chi connectivity index (χ3v) is 4.59. The number of halogens is 1. The number of hydrogen-bond acceptors (Lipinski definition) is 2. The molecule has 2 rings (SSSR count). The van der Waals surface area contributed by atoms with Crippen molar-refractivity contribution < 1.29 is 4.79 Å². The second kappa shape index (κ2) is 8.70. The van der Waals surface area contributed by atoms with E-state index in [1.165, 1.54) is 11.1 Å². The van der Waals surface area contributed by atoms with Gasteiger partial charge in [0.2, 0.25) is 5.91 Å². The number of rotatable bonds is 4. The van der Waals surface area contributed by atoms with Gasteiger partial charge in [0.05, 0.1) is 6.04 Å². The molecule has 1 aliphatic heterocycles. The SMILES string of the molecule is CC(NC(=O)CC1CCNCC1)c1ccc(C(C)(C)C)cc1.Cl. The topological polar surface area (TPSA) is 41.1 Å². The zero-order chi connectivity index (χ0) is 16.2. The van der Waals surface area contributed by atoms with Gasteiger partial charge in [-0.25, -0.2) is 0 Å². The fourth-order valence-corrected chi connectivity index (χ4v) is 3.00. The highest BCUT2D eigenvalue weighted by Gasteiger charge is 2.19. The molecule has 0 radical (unpaired) electrons. The van der Waals surface area contributed by atoms with Crippen LogP contribution >= 0.6 is 12.4 Å². The van der Waals surface area contributed by atoms with Gasteiger partial charge < -0.3 is 10.6 Å². The highest BCUT2D eigenvalue weighted by atomic mass is 35.5. The van der Waals surface area contributed by atoms with Crippen molar-refractivity contribution in [1.29, 1.82) is 0 Å². The highest BCUT2D eigenvalue weighted by Crippen LogP contribution is 2.24. The molecular weight excluding hydrogens is 308 g/mol. The van der Waals surface area contributed by atoms with Crippen molar-refractivity contribution >= 4 is 18.3 Å². The lowest BCUT2D eigenvalue weighted by Gasteiger charge is -2.23. The van der Waals surface area contributed by atoms with E-state index in [-0.39, 0.29) is 29.8 Å². The van der Waals surface area contributed by atoms with Crippen LogP contribution in [0.4, 0.5) is 0 Å². The second-order valence-corrected chi connectivity index (χ2v) is 7.56. The molecule has 1 fully saturated rings. The molecule has 0 spiro atoms. The minimum atomic E-state index is 0. The van der Waals surface area contributed by atoms with Gasteiger partial charge in [0, 0.05) is 6.42 Å². The third kappa shape index (κ3) is 6.15. The van der Waals surface area contributed by atoms with Crippen molar-refractivity contribution in [2.75, 3.05) is 13.1 Å². The Morgan fingerprint density at radius 3 is 2.30 bits per heavy atom. The molecule has 0 bridgehead atoms. The Hall–Kier alpha value is -1.06. The Bertz CT molecular complexity index is 487. The molecule has 0 aliphatic carbocycles. The monoisotopic (exact) mass is 338 g/mol. The number of carbonyl (C=O) groups is 1. The number of carbonyl (C=O) groups excluding carboxylic acids is 1. The minimum Gasteiger partial charge on any atom is -0.350 e. The summed E-state index contributed by atoms with van der Waals surface area (Å²) in [5.41, 5.74) is 2.66. The molecule has 1 heterocycles. The quantitative estimate of drug-likeness (QED) is 0.872. The highest BCUT2D eigenvalue weighted by molar-refractivity contribution is 5.85. The van der Waals surface area contributed by atoms with Crippen LogP contribution in [0.5, 0.6) is 0 Å². The summed E-state index contributed by atoms with van der Waals surface area (Å²) in [5.74, 6) is 0.719. The summed E-state index contributed by atoms with van der Waals surface area (Å²) in [6, 6.07) is 8.69. The summed E-state index contributed by atoms with van der Waals surface area (Å²) in [4.78, 5) is 12.2. The normalized spacial score (nSPS) is 17.2. The summed E-state index contributed by atoms with van der Waals surface area (Å²) < 4.78 is 0. The van der Waals surface area contributed by atoms with Crippen LogP contribution < -0.4 is 10.6 Å². The van der Waals surface area contributed by atoms with Crippen molar-refractivity contribution in [2.45, 2.75) is 58.4 Å². The van der Waals surface area contributed by atoms with Gasteiger partial charge in [0.1, 0.15) is 0 Å². The van der Waals surface area contributed by atoms with Crippen molar-refractivity contribution in [1.82, 2.24) is 10.6 Å². The summed E-state index contributed by atoms with van der Waals surface area (Å²) in [6.45, 7) is 10.8. The summed E-state index contributed by atoms with van der Waals surface area (Å²) in [7, 11) is 0. The number of amides is 1. The van der Waals surface area contributed by atoms with Gasteiger partial charge in [-0.3, -0.25) is 4.79 Å². The zero-order valence-electron chi connectivity index (χ0n) is 14.8. The first-order valence-electron chi connectivity index (χ1n) is 8.47. The lowest BCUT2D eigenvalue weighted by molar-refractivity contribution is -0.122. The first kappa shape index (κ1) is 20.0. The predicted molar refractivity (Wildman–Crippen MR) is 99.2 cm³/mol. The van der Waals surface area contributed by atoms with Crippen LogP contribution in [0.25, 0.3) is 0 Å². The molecule has 1 amide bonds. The van der Waals surface area contributed by atoms with Gasteiger partial charge >= 0.3 is 0 Å². The maximum atomic E-state index is 12.2. The molecule has 1 atom stereocenters. The molecule has 1 unspecified atom stereocenters. The van der Waals surface area contributed by atoms with Crippen molar-refractivity contribution in [3.8, 4) is 0 Å². The molecule has 130 valence electrons. The van der Waals surface area contributed by atoms with Crippen LogP contribution in [-0.4, -0.2) is 19.0 Å². The number of benzene rings is 1. The fourth-order valence-electron chi connectivity index (χ4n) is 3.00. The van der Waals surface area contributed by atoms with Crippen LogP contribution in [0.1, 0.15) is 64.1 Å². The average Bonchev–Trinajstić information content (AvgIpc) is 2.47. The van der Waals surface area contributed by atoms with E-state index in [0.717, 1.165) is 25.9 Å². The van der Waals surface area contributed by atoms with Gasteiger partial charge in [0.15, 0.2) is 0 Å². The van der Waals surface area contributed by atoms with E-state index in [1.807, 2.05) is 0 Å². The molecule has 23 heavy (non-hydrogen) atoms. The largest absolute Gasteiger partial charge is 0.350 e. The first-order valence-corrected chi connectivity index (χ1v) is 8.47. The smallest absolute Gasteiger partial charge is 0.220 e. The number of hydrogen-bond donors (Lipinski definition) is 2. The van der Waals surface area contributed by atoms with Crippen LogP contribution in [-0.2, 0) is 10.2 Å². The van der Waals surface area contributed by atoms with Crippen molar-refractivity contribution in [3.05, 3.63) is 35.4 Å². The zero-order valence-corrected chi connectivity index (χ0v) is 15.6. The Balaban J connectivity index is 0.00000264. The van der Waals surface area contributed by atoms with Gasteiger partial charge in [-0.1, -0.05) is 45.0 Å². The second-order valence-electron chi connectivity index (χ2n) is 7.56. The van der Waals surface area contributed by atoms with Gasteiger partial charge in [-0.2, -0.15) is 0 Å². The van der Waals surface area contributed by atoms with E-state index in [0.29, 0.717) is 12.3 Å². The van der Waals surface area contributed by atoms with E-state index >= 15 is 0 Å².